The van der Waals surface area contributed by atoms with Crippen LogP contribution in [0.5, 0.6) is 5.75 Å². The molecule has 1 aliphatic rings. The molecule has 0 aromatic heterocycles. The van der Waals surface area contributed by atoms with E-state index in [-0.39, 0.29) is 0 Å². The number of ether oxygens (including phenoxy) is 2. The van der Waals surface area contributed by atoms with E-state index in [4.69, 9.17) is 32.7 Å². The third-order valence-electron chi connectivity index (χ3n) is 3.80. The second kappa shape index (κ2) is 6.34. The molecule has 2 nitrogen and oxygen atoms in total. The number of benzene rings is 1. The van der Waals surface area contributed by atoms with Crippen molar-refractivity contribution in [2.24, 2.45) is 0 Å². The molecule has 0 radical (unpaired) electrons. The van der Waals surface area contributed by atoms with Gasteiger partial charge in [0.2, 0.25) is 0 Å². The van der Waals surface area contributed by atoms with Crippen LogP contribution < -0.4 is 4.74 Å². The largest absolute Gasteiger partial charge is 0.494 e. The van der Waals surface area contributed by atoms with Gasteiger partial charge in [-0.2, -0.15) is 0 Å². The van der Waals surface area contributed by atoms with Crippen molar-refractivity contribution in [1.29, 1.82) is 0 Å². The van der Waals surface area contributed by atoms with Gasteiger partial charge in [-0.25, -0.2) is 0 Å². The average molecular weight is 303 g/mol. The standard InChI is InChI=1S/C15H20Cl2O2/c1-4-9(8-14-13(5-2)19-14)10-6-11(16)15(18-3)12(17)7-10/h6-7,9,13-14H,4-5,8H2,1-3H3. The van der Waals surface area contributed by atoms with E-state index < -0.39 is 0 Å². The fourth-order valence-electron chi connectivity index (χ4n) is 2.57. The fourth-order valence-corrected chi connectivity index (χ4v) is 3.23. The van der Waals surface area contributed by atoms with E-state index in [1.807, 2.05) is 12.1 Å². The SMILES string of the molecule is CCC(CC1OC1CC)c1cc(Cl)c(OC)c(Cl)c1. The molecule has 0 saturated carbocycles. The maximum absolute atomic E-state index is 6.20. The van der Waals surface area contributed by atoms with Crippen molar-refractivity contribution in [2.75, 3.05) is 7.11 Å². The Morgan fingerprint density at radius 1 is 1.21 bits per heavy atom. The van der Waals surface area contributed by atoms with Crippen LogP contribution in [-0.4, -0.2) is 19.3 Å². The third kappa shape index (κ3) is 3.36. The van der Waals surface area contributed by atoms with Crippen LogP contribution in [0.25, 0.3) is 0 Å². The zero-order valence-corrected chi connectivity index (χ0v) is 13.1. The third-order valence-corrected chi connectivity index (χ3v) is 4.36. The maximum atomic E-state index is 6.20. The topological polar surface area (TPSA) is 21.8 Å². The number of hydrogen-bond acceptors (Lipinski definition) is 2. The average Bonchev–Trinajstić information content (AvgIpc) is 3.14. The molecule has 1 aliphatic heterocycles. The lowest BCUT2D eigenvalue weighted by molar-refractivity contribution is 0.349. The normalized spacial score (nSPS) is 23.2. The van der Waals surface area contributed by atoms with E-state index in [0.717, 1.165) is 19.3 Å². The van der Waals surface area contributed by atoms with E-state index in [9.17, 15) is 0 Å². The summed E-state index contributed by atoms with van der Waals surface area (Å²) in [7, 11) is 1.58. The predicted octanol–water partition coefficient (Wildman–Crippen LogP) is 5.06. The summed E-state index contributed by atoms with van der Waals surface area (Å²) < 4.78 is 10.8. The molecule has 0 spiro atoms. The highest BCUT2D eigenvalue weighted by Gasteiger charge is 2.38. The van der Waals surface area contributed by atoms with E-state index >= 15 is 0 Å². The van der Waals surface area contributed by atoms with Gasteiger partial charge in [-0.15, -0.1) is 0 Å². The van der Waals surface area contributed by atoms with Gasteiger partial charge in [0.05, 0.1) is 29.4 Å². The van der Waals surface area contributed by atoms with Gasteiger partial charge in [0.1, 0.15) is 0 Å². The summed E-state index contributed by atoms with van der Waals surface area (Å²) >= 11 is 12.4. The Morgan fingerprint density at radius 3 is 2.26 bits per heavy atom. The second-order valence-corrected chi connectivity index (χ2v) is 5.79. The number of rotatable bonds is 6. The molecule has 0 aliphatic carbocycles. The van der Waals surface area contributed by atoms with Gasteiger partial charge in [-0.3, -0.25) is 0 Å². The molecule has 19 heavy (non-hydrogen) atoms. The molecule has 0 amide bonds. The van der Waals surface area contributed by atoms with Gasteiger partial charge in [0.15, 0.2) is 5.75 Å². The van der Waals surface area contributed by atoms with Crippen molar-refractivity contribution in [3.05, 3.63) is 27.7 Å². The number of hydrogen-bond donors (Lipinski definition) is 0. The summed E-state index contributed by atoms with van der Waals surface area (Å²) in [6.45, 7) is 4.34. The number of epoxide rings is 1. The van der Waals surface area contributed by atoms with E-state index in [2.05, 4.69) is 13.8 Å². The first-order valence-corrected chi connectivity index (χ1v) is 7.54. The van der Waals surface area contributed by atoms with Gasteiger partial charge in [0.25, 0.3) is 0 Å². The van der Waals surface area contributed by atoms with Gasteiger partial charge >= 0.3 is 0 Å². The molecule has 1 aromatic carbocycles. The van der Waals surface area contributed by atoms with E-state index in [1.165, 1.54) is 5.56 Å². The lowest BCUT2D eigenvalue weighted by Crippen LogP contribution is -2.04. The molecule has 1 fully saturated rings. The van der Waals surface area contributed by atoms with Crippen molar-refractivity contribution in [3.8, 4) is 5.75 Å². The molecule has 0 N–H and O–H groups in total. The fraction of sp³-hybridized carbons (Fsp3) is 0.600. The quantitative estimate of drug-likeness (QED) is 0.685. The van der Waals surface area contributed by atoms with E-state index in [0.29, 0.717) is 33.9 Å². The van der Waals surface area contributed by atoms with Crippen LogP contribution >= 0.6 is 23.2 Å². The zero-order valence-electron chi connectivity index (χ0n) is 11.6. The van der Waals surface area contributed by atoms with E-state index in [1.54, 1.807) is 7.11 Å². The Hall–Kier alpha value is -0.440. The minimum atomic E-state index is 0.398. The Morgan fingerprint density at radius 2 is 1.84 bits per heavy atom. The van der Waals surface area contributed by atoms with Crippen LogP contribution in [0.1, 0.15) is 44.6 Å². The molecule has 1 heterocycles. The lowest BCUT2D eigenvalue weighted by atomic mass is 9.91. The van der Waals surface area contributed by atoms with Crippen LogP contribution in [0.4, 0.5) is 0 Å². The first-order chi connectivity index (χ1) is 9.10. The van der Waals surface area contributed by atoms with Crippen LogP contribution in [0.2, 0.25) is 10.0 Å². The molecule has 3 atom stereocenters. The summed E-state index contributed by atoms with van der Waals surface area (Å²) in [6, 6.07) is 3.92. The minimum absolute atomic E-state index is 0.398. The highest BCUT2D eigenvalue weighted by atomic mass is 35.5. The summed E-state index contributed by atoms with van der Waals surface area (Å²) in [5.41, 5.74) is 1.17. The summed E-state index contributed by atoms with van der Waals surface area (Å²) in [6.07, 6.45) is 4.02. The van der Waals surface area contributed by atoms with Crippen molar-refractivity contribution >= 4 is 23.2 Å². The Kier molecular flexibility index (Phi) is 4.99. The van der Waals surface area contributed by atoms with Crippen LogP contribution in [0.15, 0.2) is 12.1 Å². The van der Waals surface area contributed by atoms with Crippen molar-refractivity contribution in [1.82, 2.24) is 0 Å². The maximum Gasteiger partial charge on any atom is 0.156 e. The van der Waals surface area contributed by atoms with Crippen LogP contribution in [0.3, 0.4) is 0 Å². The van der Waals surface area contributed by atoms with Crippen molar-refractivity contribution in [2.45, 2.75) is 51.2 Å². The monoisotopic (exact) mass is 302 g/mol. The van der Waals surface area contributed by atoms with Crippen LogP contribution in [0, 0.1) is 0 Å². The first-order valence-electron chi connectivity index (χ1n) is 6.79. The number of halogens is 2. The predicted molar refractivity (Wildman–Crippen MR) is 79.6 cm³/mol. The summed E-state index contributed by atoms with van der Waals surface area (Å²) in [5.74, 6) is 0.985. The molecular weight excluding hydrogens is 283 g/mol. The summed E-state index contributed by atoms with van der Waals surface area (Å²) in [4.78, 5) is 0. The molecule has 4 heteroatoms. The molecular formula is C15H20Cl2O2. The first kappa shape index (κ1) is 15.0. The Labute approximate surface area is 125 Å². The minimum Gasteiger partial charge on any atom is -0.494 e. The van der Waals surface area contributed by atoms with Gasteiger partial charge in [0, 0.05) is 0 Å². The molecule has 106 valence electrons. The lowest BCUT2D eigenvalue weighted by Gasteiger charge is -2.16. The molecule has 0 bridgehead atoms. The van der Waals surface area contributed by atoms with Gasteiger partial charge < -0.3 is 9.47 Å². The second-order valence-electron chi connectivity index (χ2n) is 4.98. The van der Waals surface area contributed by atoms with Gasteiger partial charge in [-0.05, 0) is 42.9 Å². The molecule has 3 unspecified atom stereocenters. The van der Waals surface area contributed by atoms with Crippen molar-refractivity contribution < 1.29 is 9.47 Å². The van der Waals surface area contributed by atoms with Crippen molar-refractivity contribution in [3.63, 3.8) is 0 Å². The highest BCUT2D eigenvalue weighted by molar-refractivity contribution is 6.37. The smallest absolute Gasteiger partial charge is 0.156 e. The Balaban J connectivity index is 2.14. The Bertz CT molecular complexity index is 425. The summed E-state index contributed by atoms with van der Waals surface area (Å²) in [5, 5.41) is 1.15. The van der Waals surface area contributed by atoms with Gasteiger partial charge in [-0.1, -0.05) is 37.0 Å². The molecule has 2 rings (SSSR count). The molecule has 1 aromatic rings. The molecule has 1 saturated heterocycles. The highest BCUT2D eigenvalue weighted by Crippen LogP contribution is 2.40. The zero-order chi connectivity index (χ0) is 14.0. The van der Waals surface area contributed by atoms with Crippen LogP contribution in [-0.2, 0) is 4.74 Å². The number of methoxy groups -OCH3 is 1.